The van der Waals surface area contributed by atoms with Gasteiger partial charge in [-0.1, -0.05) is 0 Å². The van der Waals surface area contributed by atoms with Gasteiger partial charge in [0, 0.05) is 14.1 Å². The first kappa shape index (κ1) is 8.53. The van der Waals surface area contributed by atoms with Crippen molar-refractivity contribution in [1.82, 2.24) is 4.90 Å². The molecule has 64 valence electrons. The Labute approximate surface area is 67.7 Å². The molecule has 3 heteroatoms. The van der Waals surface area contributed by atoms with Gasteiger partial charge in [0.25, 0.3) is 0 Å². The molecule has 1 aliphatic rings. The fourth-order valence-corrected chi connectivity index (χ4v) is 1.31. The molecule has 0 aliphatic heterocycles. The van der Waals surface area contributed by atoms with Gasteiger partial charge in [0.2, 0.25) is 0 Å². The molecule has 1 saturated carbocycles. The summed E-state index contributed by atoms with van der Waals surface area (Å²) >= 11 is 0. The molecule has 1 aliphatic carbocycles. The van der Waals surface area contributed by atoms with Crippen LogP contribution in [0.1, 0.15) is 19.3 Å². The lowest BCUT2D eigenvalue weighted by molar-refractivity contribution is 0.166. The van der Waals surface area contributed by atoms with Crippen LogP contribution in [-0.4, -0.2) is 42.6 Å². The number of hydrogen-bond acceptors (Lipinski definition) is 2. The zero-order chi connectivity index (χ0) is 8.27. The highest BCUT2D eigenvalue weighted by Gasteiger charge is 2.23. The predicted octanol–water partition coefficient (Wildman–Crippen LogP) is 0.490. The molecule has 0 amide bonds. The van der Waals surface area contributed by atoms with E-state index >= 15 is 0 Å². The molecular formula is C8H16N2O. The van der Waals surface area contributed by atoms with E-state index in [4.69, 9.17) is 0 Å². The first-order valence-corrected chi connectivity index (χ1v) is 4.08. The van der Waals surface area contributed by atoms with Crippen LogP contribution in [0.15, 0.2) is 4.99 Å². The van der Waals surface area contributed by atoms with E-state index in [1.54, 1.807) is 6.34 Å². The van der Waals surface area contributed by atoms with Gasteiger partial charge in [-0.15, -0.1) is 0 Å². The minimum absolute atomic E-state index is 0.150. The molecule has 0 aromatic carbocycles. The normalized spacial score (nSPS) is 31.5. The molecule has 1 rings (SSSR count). The minimum Gasteiger partial charge on any atom is -0.391 e. The molecule has 0 heterocycles. The summed E-state index contributed by atoms with van der Waals surface area (Å²) < 4.78 is 0. The van der Waals surface area contributed by atoms with Gasteiger partial charge in [0.05, 0.1) is 18.5 Å². The van der Waals surface area contributed by atoms with E-state index in [-0.39, 0.29) is 12.1 Å². The molecular weight excluding hydrogens is 140 g/mol. The second-order valence-electron chi connectivity index (χ2n) is 3.29. The van der Waals surface area contributed by atoms with Crippen LogP contribution in [0.5, 0.6) is 0 Å². The van der Waals surface area contributed by atoms with Crippen LogP contribution in [0.2, 0.25) is 0 Å². The number of hydrogen-bond donors (Lipinski definition) is 1. The van der Waals surface area contributed by atoms with Crippen LogP contribution in [0, 0.1) is 0 Å². The van der Waals surface area contributed by atoms with Crippen molar-refractivity contribution in [3.05, 3.63) is 0 Å². The second-order valence-corrected chi connectivity index (χ2v) is 3.29. The number of nitrogens with zero attached hydrogens (tertiary/aromatic N) is 2. The summed E-state index contributed by atoms with van der Waals surface area (Å²) in [6.45, 7) is 0. The molecule has 2 unspecified atom stereocenters. The van der Waals surface area contributed by atoms with Crippen LogP contribution in [0.4, 0.5) is 0 Å². The summed E-state index contributed by atoms with van der Waals surface area (Å²) in [5.41, 5.74) is 0. The Hall–Kier alpha value is -0.570. The highest BCUT2D eigenvalue weighted by Crippen LogP contribution is 2.21. The van der Waals surface area contributed by atoms with Gasteiger partial charge in [0.1, 0.15) is 0 Å². The maximum absolute atomic E-state index is 9.37. The third kappa shape index (κ3) is 2.50. The van der Waals surface area contributed by atoms with Crippen molar-refractivity contribution in [2.75, 3.05) is 14.1 Å². The number of rotatable bonds is 2. The van der Waals surface area contributed by atoms with Crippen molar-refractivity contribution in [1.29, 1.82) is 0 Å². The van der Waals surface area contributed by atoms with Crippen molar-refractivity contribution >= 4 is 6.34 Å². The smallest absolute Gasteiger partial charge is 0.0849 e. The Kier molecular flexibility index (Phi) is 2.88. The van der Waals surface area contributed by atoms with Gasteiger partial charge in [-0.2, -0.15) is 0 Å². The molecule has 0 bridgehead atoms. The molecule has 0 saturated heterocycles. The van der Waals surface area contributed by atoms with E-state index < -0.39 is 0 Å². The van der Waals surface area contributed by atoms with E-state index in [2.05, 4.69) is 4.99 Å². The van der Waals surface area contributed by atoms with Crippen LogP contribution >= 0.6 is 0 Å². The van der Waals surface area contributed by atoms with Crippen LogP contribution in [-0.2, 0) is 0 Å². The number of aliphatic imine (C=N–C) groups is 1. The van der Waals surface area contributed by atoms with Crippen molar-refractivity contribution in [2.45, 2.75) is 31.4 Å². The SMILES string of the molecule is CN(C)C=NC1CCCC1O. The Morgan fingerprint density at radius 1 is 1.45 bits per heavy atom. The highest BCUT2D eigenvalue weighted by atomic mass is 16.3. The Balaban J connectivity index is 2.36. The average molecular weight is 156 g/mol. The van der Waals surface area contributed by atoms with Gasteiger partial charge >= 0.3 is 0 Å². The molecule has 0 spiro atoms. The number of aliphatic hydroxyl groups is 1. The van der Waals surface area contributed by atoms with E-state index in [1.165, 1.54) is 0 Å². The number of aliphatic hydroxyl groups excluding tert-OH is 1. The fraction of sp³-hybridized carbons (Fsp3) is 0.875. The van der Waals surface area contributed by atoms with Gasteiger partial charge in [-0.05, 0) is 19.3 Å². The Bertz CT molecular complexity index is 145. The predicted molar refractivity (Wildman–Crippen MR) is 45.8 cm³/mol. The van der Waals surface area contributed by atoms with Crippen LogP contribution in [0.3, 0.4) is 0 Å². The molecule has 2 atom stereocenters. The summed E-state index contributed by atoms with van der Waals surface area (Å²) in [5.74, 6) is 0. The second kappa shape index (κ2) is 3.72. The molecule has 1 fully saturated rings. The van der Waals surface area contributed by atoms with E-state index in [1.807, 2.05) is 19.0 Å². The molecule has 3 nitrogen and oxygen atoms in total. The topological polar surface area (TPSA) is 35.8 Å². The zero-order valence-electron chi connectivity index (χ0n) is 7.20. The lowest BCUT2D eigenvalue weighted by atomic mass is 10.2. The Morgan fingerprint density at radius 3 is 2.64 bits per heavy atom. The standard InChI is InChI=1S/C8H16N2O/c1-10(2)6-9-7-4-3-5-8(7)11/h6-8,11H,3-5H2,1-2H3. The lowest BCUT2D eigenvalue weighted by Crippen LogP contribution is -2.19. The third-order valence-electron chi connectivity index (χ3n) is 1.93. The zero-order valence-corrected chi connectivity index (χ0v) is 7.20. The maximum atomic E-state index is 9.37. The van der Waals surface area contributed by atoms with Gasteiger partial charge in [0.15, 0.2) is 0 Å². The third-order valence-corrected chi connectivity index (χ3v) is 1.93. The highest BCUT2D eigenvalue weighted by molar-refractivity contribution is 5.54. The Morgan fingerprint density at radius 2 is 2.18 bits per heavy atom. The molecule has 11 heavy (non-hydrogen) atoms. The summed E-state index contributed by atoms with van der Waals surface area (Å²) in [7, 11) is 3.87. The first-order chi connectivity index (χ1) is 5.20. The van der Waals surface area contributed by atoms with Gasteiger partial charge in [-0.3, -0.25) is 4.99 Å². The quantitative estimate of drug-likeness (QED) is 0.466. The van der Waals surface area contributed by atoms with Crippen molar-refractivity contribution in [2.24, 2.45) is 4.99 Å². The molecule has 1 N–H and O–H groups in total. The summed E-state index contributed by atoms with van der Waals surface area (Å²) in [6.07, 6.45) is 4.63. The molecule has 0 aromatic heterocycles. The van der Waals surface area contributed by atoms with Crippen LogP contribution < -0.4 is 0 Å². The monoisotopic (exact) mass is 156 g/mol. The largest absolute Gasteiger partial charge is 0.391 e. The average Bonchev–Trinajstić information content (AvgIpc) is 2.31. The molecule has 0 radical (unpaired) electrons. The summed E-state index contributed by atoms with van der Waals surface area (Å²) in [6, 6.07) is 0.150. The van der Waals surface area contributed by atoms with E-state index in [0.717, 1.165) is 19.3 Å². The minimum atomic E-state index is -0.203. The summed E-state index contributed by atoms with van der Waals surface area (Å²) in [5, 5.41) is 9.37. The van der Waals surface area contributed by atoms with Crippen LogP contribution in [0.25, 0.3) is 0 Å². The van der Waals surface area contributed by atoms with E-state index in [0.29, 0.717) is 0 Å². The van der Waals surface area contributed by atoms with Crippen molar-refractivity contribution < 1.29 is 5.11 Å². The van der Waals surface area contributed by atoms with Crippen molar-refractivity contribution in [3.8, 4) is 0 Å². The summed E-state index contributed by atoms with van der Waals surface area (Å²) in [4.78, 5) is 6.15. The maximum Gasteiger partial charge on any atom is 0.0849 e. The lowest BCUT2D eigenvalue weighted by Gasteiger charge is -2.10. The van der Waals surface area contributed by atoms with Gasteiger partial charge < -0.3 is 10.0 Å². The van der Waals surface area contributed by atoms with E-state index in [9.17, 15) is 5.11 Å². The molecule has 0 aromatic rings. The van der Waals surface area contributed by atoms with Crippen molar-refractivity contribution in [3.63, 3.8) is 0 Å². The van der Waals surface area contributed by atoms with Gasteiger partial charge in [-0.25, -0.2) is 0 Å². The fourth-order valence-electron chi connectivity index (χ4n) is 1.31. The first-order valence-electron chi connectivity index (χ1n) is 4.08.